The second kappa shape index (κ2) is 17.1. The number of unbranched alkanes of at least 4 members (excludes halogenated alkanes) is 11. The van der Waals surface area contributed by atoms with Crippen molar-refractivity contribution in [3.8, 4) is 11.5 Å². The Labute approximate surface area is 178 Å². The minimum Gasteiger partial charge on any atom is -0.504 e. The molecule has 0 radical (unpaired) electrons. The highest BCUT2D eigenvalue weighted by atomic mass is 16.5. The lowest BCUT2D eigenvalue weighted by molar-refractivity contribution is -0.114. The summed E-state index contributed by atoms with van der Waals surface area (Å²) in [4.78, 5) is 11.9. The Bertz CT molecular complexity index is 577. The van der Waals surface area contributed by atoms with E-state index in [9.17, 15) is 9.90 Å². The number of methoxy groups -OCH3 is 1. The van der Waals surface area contributed by atoms with Gasteiger partial charge in [0.2, 0.25) is 0 Å². The molecule has 0 fully saturated rings. The van der Waals surface area contributed by atoms with Crippen molar-refractivity contribution >= 4 is 5.78 Å². The number of ketones is 1. The number of hydrogen-bond acceptors (Lipinski definition) is 3. The summed E-state index contributed by atoms with van der Waals surface area (Å²) in [5.74, 6) is 0.941. The van der Waals surface area contributed by atoms with Crippen molar-refractivity contribution in [1.82, 2.24) is 0 Å². The van der Waals surface area contributed by atoms with E-state index in [-0.39, 0.29) is 11.5 Å². The molecule has 0 saturated carbocycles. The molecule has 1 aromatic rings. The van der Waals surface area contributed by atoms with E-state index < -0.39 is 0 Å². The van der Waals surface area contributed by atoms with Gasteiger partial charge in [0, 0.05) is 6.42 Å². The molecule has 1 rings (SSSR count). The molecule has 0 bridgehead atoms. The standard InChI is InChI=1S/C26H42O3/c1-3-4-5-6-7-8-9-10-11-12-15-18-24(27)19-16-13-14-17-23-20-21-25(28)26(22-23)29-2/h16,19-22,28H,3-15,17-18H2,1-2H3. The van der Waals surface area contributed by atoms with Gasteiger partial charge in [-0.3, -0.25) is 4.79 Å². The van der Waals surface area contributed by atoms with Gasteiger partial charge in [-0.15, -0.1) is 0 Å². The summed E-state index contributed by atoms with van der Waals surface area (Å²) in [5, 5.41) is 9.61. The molecule has 3 nitrogen and oxygen atoms in total. The molecular formula is C26H42O3. The molecule has 0 spiro atoms. The first kappa shape index (κ1) is 25.3. The largest absolute Gasteiger partial charge is 0.504 e. The number of hydrogen-bond donors (Lipinski definition) is 1. The van der Waals surface area contributed by atoms with Crippen LogP contribution in [0.3, 0.4) is 0 Å². The highest BCUT2D eigenvalue weighted by molar-refractivity contribution is 5.89. The lowest BCUT2D eigenvalue weighted by Crippen LogP contribution is -1.93. The van der Waals surface area contributed by atoms with Gasteiger partial charge in [-0.2, -0.15) is 0 Å². The summed E-state index contributed by atoms with van der Waals surface area (Å²) < 4.78 is 5.13. The zero-order valence-corrected chi connectivity index (χ0v) is 18.8. The van der Waals surface area contributed by atoms with Crippen LogP contribution in [-0.2, 0) is 11.2 Å². The summed E-state index contributed by atoms with van der Waals surface area (Å²) in [6.45, 7) is 2.26. The van der Waals surface area contributed by atoms with Crippen LogP contribution in [0, 0.1) is 0 Å². The average Bonchev–Trinajstić information content (AvgIpc) is 2.72. The summed E-state index contributed by atoms with van der Waals surface area (Å²) in [6, 6.07) is 5.46. The Morgan fingerprint density at radius 1 is 0.931 bits per heavy atom. The van der Waals surface area contributed by atoms with Gasteiger partial charge in [0.15, 0.2) is 17.3 Å². The van der Waals surface area contributed by atoms with Crippen LogP contribution in [0.2, 0.25) is 0 Å². The molecule has 29 heavy (non-hydrogen) atoms. The van der Waals surface area contributed by atoms with Gasteiger partial charge in [-0.1, -0.05) is 83.3 Å². The average molecular weight is 403 g/mol. The first-order valence-corrected chi connectivity index (χ1v) is 11.7. The topological polar surface area (TPSA) is 46.5 Å². The number of ether oxygens (including phenoxy) is 1. The fourth-order valence-electron chi connectivity index (χ4n) is 3.56. The molecule has 0 saturated heterocycles. The number of phenols is 1. The quantitative estimate of drug-likeness (QED) is 0.204. The predicted molar refractivity (Wildman–Crippen MR) is 123 cm³/mol. The summed E-state index contributed by atoms with van der Waals surface area (Å²) in [5.41, 5.74) is 1.14. The monoisotopic (exact) mass is 402 g/mol. The fourth-order valence-corrected chi connectivity index (χ4v) is 3.56. The molecule has 0 aliphatic heterocycles. The maximum atomic E-state index is 11.9. The third-order valence-corrected chi connectivity index (χ3v) is 5.41. The number of phenolic OH excluding ortho intramolecular Hbond substituents is 1. The number of benzene rings is 1. The van der Waals surface area contributed by atoms with Crippen molar-refractivity contribution < 1.29 is 14.6 Å². The Kier molecular flexibility index (Phi) is 14.9. The van der Waals surface area contributed by atoms with E-state index in [1.54, 1.807) is 19.3 Å². The Morgan fingerprint density at radius 2 is 1.55 bits per heavy atom. The molecule has 1 aromatic carbocycles. The van der Waals surface area contributed by atoms with Gasteiger partial charge < -0.3 is 9.84 Å². The van der Waals surface area contributed by atoms with Gasteiger partial charge in [-0.25, -0.2) is 0 Å². The van der Waals surface area contributed by atoms with Crippen LogP contribution in [0.4, 0.5) is 0 Å². The molecule has 0 heterocycles. The molecular weight excluding hydrogens is 360 g/mol. The fraction of sp³-hybridized carbons (Fsp3) is 0.654. The van der Waals surface area contributed by atoms with E-state index in [1.165, 1.54) is 64.2 Å². The Hall–Kier alpha value is -1.77. The van der Waals surface area contributed by atoms with Crippen molar-refractivity contribution in [2.24, 2.45) is 0 Å². The maximum absolute atomic E-state index is 11.9. The van der Waals surface area contributed by atoms with Crippen molar-refractivity contribution in [1.29, 1.82) is 0 Å². The smallest absolute Gasteiger partial charge is 0.160 e. The second-order valence-corrected chi connectivity index (χ2v) is 8.05. The molecule has 1 N–H and O–H groups in total. The van der Waals surface area contributed by atoms with Crippen LogP contribution in [0.25, 0.3) is 0 Å². The predicted octanol–water partition coefficient (Wildman–Crippen LogP) is 7.55. The summed E-state index contributed by atoms with van der Waals surface area (Å²) in [6.07, 6.45) is 21.6. The second-order valence-electron chi connectivity index (χ2n) is 8.05. The van der Waals surface area contributed by atoms with Gasteiger partial charge in [0.05, 0.1) is 7.11 Å². The van der Waals surface area contributed by atoms with E-state index in [4.69, 9.17) is 4.74 Å². The zero-order valence-electron chi connectivity index (χ0n) is 18.8. The maximum Gasteiger partial charge on any atom is 0.160 e. The molecule has 3 heteroatoms. The molecule has 0 aliphatic rings. The third kappa shape index (κ3) is 13.1. The first-order chi connectivity index (χ1) is 14.2. The third-order valence-electron chi connectivity index (χ3n) is 5.41. The van der Waals surface area contributed by atoms with Crippen LogP contribution in [0.5, 0.6) is 11.5 Å². The van der Waals surface area contributed by atoms with Crippen LogP contribution in [0.1, 0.15) is 102 Å². The molecule has 164 valence electrons. The Morgan fingerprint density at radius 3 is 2.17 bits per heavy atom. The highest BCUT2D eigenvalue weighted by Crippen LogP contribution is 2.26. The van der Waals surface area contributed by atoms with Gasteiger partial charge in [0.25, 0.3) is 0 Å². The van der Waals surface area contributed by atoms with Gasteiger partial charge in [-0.05, 0) is 49.5 Å². The van der Waals surface area contributed by atoms with Crippen molar-refractivity contribution in [3.05, 3.63) is 35.9 Å². The first-order valence-electron chi connectivity index (χ1n) is 11.7. The number of carbonyl (C=O) groups is 1. The zero-order chi connectivity index (χ0) is 21.2. The van der Waals surface area contributed by atoms with Crippen LogP contribution in [0.15, 0.2) is 30.4 Å². The van der Waals surface area contributed by atoms with Gasteiger partial charge >= 0.3 is 0 Å². The van der Waals surface area contributed by atoms with Crippen molar-refractivity contribution in [2.75, 3.05) is 7.11 Å². The van der Waals surface area contributed by atoms with E-state index in [2.05, 4.69) is 6.92 Å². The van der Waals surface area contributed by atoms with Gasteiger partial charge in [0.1, 0.15) is 0 Å². The van der Waals surface area contributed by atoms with Crippen LogP contribution < -0.4 is 4.74 Å². The lowest BCUT2D eigenvalue weighted by atomic mass is 10.0. The molecule has 0 unspecified atom stereocenters. The summed E-state index contributed by atoms with van der Waals surface area (Å²) >= 11 is 0. The SMILES string of the molecule is CCCCCCCCCCCCCC(=O)C=CCCCc1ccc(O)c(OC)c1. The lowest BCUT2D eigenvalue weighted by Gasteiger charge is -2.06. The molecule has 0 aromatic heterocycles. The number of aryl methyl sites for hydroxylation is 1. The number of aromatic hydroxyl groups is 1. The summed E-state index contributed by atoms with van der Waals surface area (Å²) in [7, 11) is 1.56. The highest BCUT2D eigenvalue weighted by Gasteiger charge is 2.02. The van der Waals surface area contributed by atoms with E-state index in [1.807, 2.05) is 18.2 Å². The minimum absolute atomic E-state index is 0.171. The van der Waals surface area contributed by atoms with Crippen LogP contribution >= 0.6 is 0 Å². The van der Waals surface area contributed by atoms with Crippen molar-refractivity contribution in [3.63, 3.8) is 0 Å². The molecule has 0 aliphatic carbocycles. The normalized spacial score (nSPS) is 11.2. The van der Waals surface area contributed by atoms with E-state index >= 15 is 0 Å². The molecule has 0 amide bonds. The van der Waals surface area contributed by atoms with Crippen LogP contribution in [-0.4, -0.2) is 18.0 Å². The number of rotatable bonds is 18. The number of allylic oxidation sites excluding steroid dienone is 2. The minimum atomic E-state index is 0.171. The van der Waals surface area contributed by atoms with Crippen molar-refractivity contribution in [2.45, 2.75) is 103 Å². The Balaban J connectivity index is 1.97. The number of carbonyl (C=O) groups excluding carboxylic acids is 1. The van der Waals surface area contributed by atoms with E-state index in [0.29, 0.717) is 12.2 Å². The molecule has 0 atom stereocenters. The van der Waals surface area contributed by atoms with E-state index in [0.717, 1.165) is 31.2 Å².